The molecule has 0 aromatic carbocycles. The van der Waals surface area contributed by atoms with Gasteiger partial charge in [-0.1, -0.05) is 24.3 Å². The van der Waals surface area contributed by atoms with Gasteiger partial charge in [-0.05, 0) is 38.5 Å². The van der Waals surface area contributed by atoms with E-state index in [1.165, 1.54) is 49.7 Å². The molecule has 0 unspecified atom stereocenters. The Labute approximate surface area is 63.6 Å². The van der Waals surface area contributed by atoms with E-state index in [0.29, 0.717) is 0 Å². The molecular formula is C10H16. The highest BCUT2D eigenvalue weighted by Gasteiger charge is 2.02. The van der Waals surface area contributed by atoms with E-state index in [1.54, 1.807) is 0 Å². The van der Waals surface area contributed by atoms with E-state index in [2.05, 4.69) is 13.2 Å². The highest BCUT2D eigenvalue weighted by molar-refractivity contribution is 5.02. The predicted molar refractivity (Wildman–Crippen MR) is 46.0 cm³/mol. The Morgan fingerprint density at radius 1 is 0.700 bits per heavy atom. The van der Waals surface area contributed by atoms with Crippen molar-refractivity contribution in [1.82, 2.24) is 0 Å². The zero-order valence-electron chi connectivity index (χ0n) is 6.66. The fourth-order valence-electron chi connectivity index (χ4n) is 1.43. The highest BCUT2D eigenvalue weighted by Crippen LogP contribution is 2.22. The molecule has 0 aromatic rings. The second kappa shape index (κ2) is 3.60. The average Bonchev–Trinajstić information content (AvgIpc) is 1.84. The minimum atomic E-state index is 1.22. The molecular weight excluding hydrogens is 120 g/mol. The van der Waals surface area contributed by atoms with E-state index < -0.39 is 0 Å². The zero-order valence-corrected chi connectivity index (χ0v) is 6.66. The summed E-state index contributed by atoms with van der Waals surface area (Å²) in [5.41, 5.74) is 2.88. The van der Waals surface area contributed by atoms with Gasteiger partial charge in [0.15, 0.2) is 0 Å². The Hall–Kier alpha value is -0.520. The van der Waals surface area contributed by atoms with Crippen LogP contribution in [0.1, 0.15) is 38.5 Å². The third-order valence-electron chi connectivity index (χ3n) is 2.12. The molecule has 0 bridgehead atoms. The smallest absolute Gasteiger partial charge is 0.0320 e. The first kappa shape index (κ1) is 7.59. The summed E-state index contributed by atoms with van der Waals surface area (Å²) in [6.45, 7) is 8.02. The second-order valence-corrected chi connectivity index (χ2v) is 3.21. The van der Waals surface area contributed by atoms with Gasteiger partial charge in [-0.15, -0.1) is 0 Å². The SMILES string of the molecule is C=C1CCCC(=C)CCC1. The maximum atomic E-state index is 4.01. The lowest BCUT2D eigenvalue weighted by Gasteiger charge is -2.11. The van der Waals surface area contributed by atoms with Gasteiger partial charge in [0, 0.05) is 0 Å². The van der Waals surface area contributed by atoms with E-state index in [-0.39, 0.29) is 0 Å². The number of hydrogen-bond donors (Lipinski definition) is 0. The predicted octanol–water partition coefficient (Wildman–Crippen LogP) is 3.45. The largest absolute Gasteiger partial charge is 0.0999 e. The Balaban J connectivity index is 2.34. The lowest BCUT2D eigenvalue weighted by molar-refractivity contribution is 0.667. The third-order valence-corrected chi connectivity index (χ3v) is 2.12. The van der Waals surface area contributed by atoms with E-state index in [9.17, 15) is 0 Å². The minimum absolute atomic E-state index is 1.22. The van der Waals surface area contributed by atoms with Gasteiger partial charge in [0.05, 0.1) is 0 Å². The highest BCUT2D eigenvalue weighted by atomic mass is 14.1. The van der Waals surface area contributed by atoms with Crippen LogP contribution >= 0.6 is 0 Å². The summed E-state index contributed by atoms with van der Waals surface area (Å²) in [6.07, 6.45) is 7.44. The van der Waals surface area contributed by atoms with Crippen molar-refractivity contribution in [3.63, 3.8) is 0 Å². The van der Waals surface area contributed by atoms with Gasteiger partial charge in [-0.3, -0.25) is 0 Å². The summed E-state index contributed by atoms with van der Waals surface area (Å²) in [5, 5.41) is 0. The van der Waals surface area contributed by atoms with Crippen molar-refractivity contribution in [3.05, 3.63) is 24.3 Å². The molecule has 0 spiro atoms. The van der Waals surface area contributed by atoms with Crippen LogP contribution in [-0.4, -0.2) is 0 Å². The molecule has 1 rings (SSSR count). The fraction of sp³-hybridized carbons (Fsp3) is 0.600. The maximum Gasteiger partial charge on any atom is -0.0320 e. The van der Waals surface area contributed by atoms with Crippen LogP contribution in [0, 0.1) is 0 Å². The minimum Gasteiger partial charge on any atom is -0.0999 e. The molecule has 0 aromatic heterocycles. The Morgan fingerprint density at radius 3 is 1.30 bits per heavy atom. The Kier molecular flexibility index (Phi) is 2.73. The van der Waals surface area contributed by atoms with Crippen LogP contribution in [0.15, 0.2) is 24.3 Å². The first-order chi connectivity index (χ1) is 4.79. The van der Waals surface area contributed by atoms with Crippen molar-refractivity contribution in [2.45, 2.75) is 38.5 Å². The fourth-order valence-corrected chi connectivity index (χ4v) is 1.43. The van der Waals surface area contributed by atoms with Crippen LogP contribution in [-0.2, 0) is 0 Å². The first-order valence-electron chi connectivity index (χ1n) is 4.12. The molecule has 0 radical (unpaired) electrons. The number of hydrogen-bond acceptors (Lipinski definition) is 0. The van der Waals surface area contributed by atoms with Gasteiger partial charge in [0.25, 0.3) is 0 Å². The quantitative estimate of drug-likeness (QED) is 0.447. The van der Waals surface area contributed by atoms with Crippen LogP contribution in [0.3, 0.4) is 0 Å². The lowest BCUT2D eigenvalue weighted by Crippen LogP contribution is -1.92. The molecule has 1 saturated carbocycles. The van der Waals surface area contributed by atoms with Gasteiger partial charge < -0.3 is 0 Å². The summed E-state index contributed by atoms with van der Waals surface area (Å²) in [6, 6.07) is 0. The van der Waals surface area contributed by atoms with Crippen LogP contribution in [0.4, 0.5) is 0 Å². The van der Waals surface area contributed by atoms with Crippen molar-refractivity contribution < 1.29 is 0 Å². The van der Waals surface area contributed by atoms with Crippen molar-refractivity contribution in [2.75, 3.05) is 0 Å². The van der Waals surface area contributed by atoms with Crippen LogP contribution in [0.5, 0.6) is 0 Å². The zero-order chi connectivity index (χ0) is 7.40. The van der Waals surface area contributed by atoms with Crippen molar-refractivity contribution in [2.24, 2.45) is 0 Å². The monoisotopic (exact) mass is 136 g/mol. The molecule has 0 heteroatoms. The molecule has 1 aliphatic rings. The molecule has 56 valence electrons. The maximum absolute atomic E-state index is 4.01. The van der Waals surface area contributed by atoms with Crippen molar-refractivity contribution in [1.29, 1.82) is 0 Å². The molecule has 0 saturated heterocycles. The number of allylic oxidation sites excluding steroid dienone is 2. The molecule has 1 fully saturated rings. The van der Waals surface area contributed by atoms with Crippen LogP contribution in [0.25, 0.3) is 0 Å². The molecule has 1 aliphatic carbocycles. The summed E-state index contributed by atoms with van der Waals surface area (Å²) >= 11 is 0. The molecule has 0 atom stereocenters. The van der Waals surface area contributed by atoms with E-state index >= 15 is 0 Å². The molecule has 0 aliphatic heterocycles. The summed E-state index contributed by atoms with van der Waals surface area (Å²) in [7, 11) is 0. The van der Waals surface area contributed by atoms with Gasteiger partial charge in [-0.25, -0.2) is 0 Å². The van der Waals surface area contributed by atoms with E-state index in [0.717, 1.165) is 0 Å². The normalized spacial score (nSPS) is 22.0. The van der Waals surface area contributed by atoms with Gasteiger partial charge >= 0.3 is 0 Å². The molecule has 0 N–H and O–H groups in total. The lowest BCUT2D eigenvalue weighted by atomic mass is 9.95. The van der Waals surface area contributed by atoms with Gasteiger partial charge in [-0.2, -0.15) is 0 Å². The van der Waals surface area contributed by atoms with Crippen LogP contribution < -0.4 is 0 Å². The van der Waals surface area contributed by atoms with Crippen molar-refractivity contribution >= 4 is 0 Å². The summed E-state index contributed by atoms with van der Waals surface area (Å²) in [5.74, 6) is 0. The topological polar surface area (TPSA) is 0 Å². The molecule has 0 amide bonds. The van der Waals surface area contributed by atoms with E-state index in [4.69, 9.17) is 0 Å². The van der Waals surface area contributed by atoms with Crippen LogP contribution in [0.2, 0.25) is 0 Å². The number of rotatable bonds is 0. The van der Waals surface area contributed by atoms with Crippen molar-refractivity contribution in [3.8, 4) is 0 Å². The third kappa shape index (κ3) is 2.38. The summed E-state index contributed by atoms with van der Waals surface area (Å²) in [4.78, 5) is 0. The Bertz CT molecular complexity index is 112. The average molecular weight is 136 g/mol. The van der Waals surface area contributed by atoms with E-state index in [1.807, 2.05) is 0 Å². The standard InChI is InChI=1S/C10H16/c1-9-5-3-7-10(2)8-4-6-9/h1-8H2. The molecule has 10 heavy (non-hydrogen) atoms. The molecule has 0 heterocycles. The van der Waals surface area contributed by atoms with Gasteiger partial charge in [0.1, 0.15) is 0 Å². The summed E-state index contributed by atoms with van der Waals surface area (Å²) < 4.78 is 0. The Morgan fingerprint density at radius 2 is 1.00 bits per heavy atom. The molecule has 0 nitrogen and oxygen atoms in total. The van der Waals surface area contributed by atoms with Gasteiger partial charge in [0.2, 0.25) is 0 Å². The first-order valence-corrected chi connectivity index (χ1v) is 4.12. The second-order valence-electron chi connectivity index (χ2n) is 3.21.